The number of hydrogen-bond donors (Lipinski definition) is 2. The zero-order valence-corrected chi connectivity index (χ0v) is 37.3. The molecular weight excluding hydrogens is 857 g/mol. The largest absolute Gasteiger partial charge is 0.443 e. The molecule has 0 bridgehead atoms. The first kappa shape index (κ1) is 45.6. The Bertz CT molecular complexity index is 2500. The van der Waals surface area contributed by atoms with Crippen LogP contribution < -0.4 is 10.2 Å². The summed E-state index contributed by atoms with van der Waals surface area (Å²) in [4.78, 5) is 38.4. The molecule has 0 saturated heterocycles. The lowest BCUT2D eigenvalue weighted by molar-refractivity contribution is -0.134. The monoisotopic (exact) mass is 904 g/mol. The molecule has 4 aliphatic rings. The van der Waals surface area contributed by atoms with Gasteiger partial charge in [0.1, 0.15) is 48.7 Å². The minimum absolute atomic E-state index is 0.000395. The summed E-state index contributed by atoms with van der Waals surface area (Å²) >= 11 is 2.47. The number of carbonyl (C=O) groups excluding carboxylic acids is 3. The van der Waals surface area contributed by atoms with Crippen LogP contribution in [0, 0.1) is 35.1 Å². The minimum atomic E-state index is -1.02. The first-order chi connectivity index (χ1) is 29.9. The van der Waals surface area contributed by atoms with E-state index in [9.17, 15) is 37.1 Å². The molecule has 4 aromatic rings. The van der Waals surface area contributed by atoms with Crippen LogP contribution >= 0.6 is 23.5 Å². The highest BCUT2D eigenvalue weighted by atomic mass is 32.2. The molecule has 0 fully saturated rings. The molecule has 2 N–H and O–H groups in total. The third kappa shape index (κ3) is 8.54. The number of ether oxygens (including phenoxy) is 1. The summed E-state index contributed by atoms with van der Waals surface area (Å²) in [6.07, 6.45) is 1.40. The second-order valence-electron chi connectivity index (χ2n) is 16.5. The van der Waals surface area contributed by atoms with Gasteiger partial charge in [-0.1, -0.05) is 73.3 Å². The van der Waals surface area contributed by atoms with Crippen molar-refractivity contribution in [1.29, 1.82) is 0 Å². The van der Waals surface area contributed by atoms with Crippen molar-refractivity contribution in [2.24, 2.45) is 22.0 Å². The lowest BCUT2D eigenvalue weighted by Crippen LogP contribution is -2.55. The van der Waals surface area contributed by atoms with Gasteiger partial charge in [-0.25, -0.2) is 32.4 Å². The SMILES string of the molecule is CC(=O)N1N=C(c2cc(F)ccc2F)SC12c1ccccc1NCC2CCO.CCCC1CN(C(=O)OC(C)(C)C)c2ccccc2C12SC(c1cc(F)ccc1F)=NN2C(C)=O. The number of amides is 3. The van der Waals surface area contributed by atoms with Crippen LogP contribution in [0.25, 0.3) is 0 Å². The van der Waals surface area contributed by atoms with Gasteiger partial charge >= 0.3 is 6.09 Å². The molecule has 332 valence electrons. The minimum Gasteiger partial charge on any atom is -0.443 e. The number of aliphatic hydroxyl groups is 1. The normalized spacial score (nSPS) is 22.4. The van der Waals surface area contributed by atoms with E-state index in [-0.39, 0.29) is 58.0 Å². The Morgan fingerprint density at radius 2 is 1.30 bits per heavy atom. The number of para-hydroxylation sites is 2. The van der Waals surface area contributed by atoms with Crippen molar-refractivity contribution in [3.05, 3.63) is 130 Å². The topological polar surface area (TPSA) is 127 Å². The van der Waals surface area contributed by atoms with Gasteiger partial charge in [0.2, 0.25) is 11.8 Å². The van der Waals surface area contributed by atoms with E-state index >= 15 is 0 Å². The number of nitrogens with one attached hydrogen (secondary N) is 1. The maximum Gasteiger partial charge on any atom is 0.414 e. The molecule has 63 heavy (non-hydrogen) atoms. The van der Waals surface area contributed by atoms with Crippen molar-refractivity contribution in [3.63, 3.8) is 0 Å². The second kappa shape index (κ2) is 18.0. The first-order valence-corrected chi connectivity index (χ1v) is 22.2. The average molecular weight is 905 g/mol. The standard InChI is InChI=1S/C26H29F2N3O3S.C20H19F2N3O2S/c1-6-9-17-15-30(24(33)34-25(3,4)5)22-11-8-7-10-20(22)26(17)31(16(2)32)29-23(35-26)19-14-18(27)12-13-21(19)28;1-12(27)25-20(28-19(24-25)15-10-14(21)6-7-17(15)22)13(8-9-26)11-23-18-5-3-2-4-16(18)20/h7-8,10-14,17H,6,9,15H2,1-5H3;2-7,10,13,23,26H,8-9,11H2,1H3. The summed E-state index contributed by atoms with van der Waals surface area (Å²) in [5.74, 6) is -3.46. The van der Waals surface area contributed by atoms with Crippen LogP contribution in [-0.2, 0) is 24.1 Å². The first-order valence-electron chi connectivity index (χ1n) is 20.6. The van der Waals surface area contributed by atoms with Gasteiger partial charge in [0.15, 0.2) is 0 Å². The summed E-state index contributed by atoms with van der Waals surface area (Å²) in [6, 6.07) is 21.3. The van der Waals surface area contributed by atoms with E-state index < -0.39 is 44.7 Å². The Hall–Kier alpha value is -5.39. The molecule has 4 aromatic carbocycles. The van der Waals surface area contributed by atoms with E-state index in [0.29, 0.717) is 30.6 Å². The van der Waals surface area contributed by atoms with Crippen LogP contribution in [0.2, 0.25) is 0 Å². The summed E-state index contributed by atoms with van der Waals surface area (Å²) in [5.41, 5.74) is 2.32. The van der Waals surface area contributed by atoms with Crippen LogP contribution in [0.15, 0.2) is 95.1 Å². The highest BCUT2D eigenvalue weighted by Gasteiger charge is 2.58. The number of anilines is 2. The predicted molar refractivity (Wildman–Crippen MR) is 238 cm³/mol. The van der Waals surface area contributed by atoms with E-state index in [1.54, 1.807) is 4.90 Å². The van der Waals surface area contributed by atoms with E-state index in [4.69, 9.17) is 4.74 Å². The van der Waals surface area contributed by atoms with Gasteiger partial charge in [0, 0.05) is 73.3 Å². The predicted octanol–water partition coefficient (Wildman–Crippen LogP) is 9.74. The van der Waals surface area contributed by atoms with E-state index in [0.717, 1.165) is 54.1 Å². The zero-order chi connectivity index (χ0) is 45.4. The van der Waals surface area contributed by atoms with Gasteiger partial charge < -0.3 is 15.2 Å². The highest BCUT2D eigenvalue weighted by molar-refractivity contribution is 8.15. The third-order valence-electron chi connectivity index (χ3n) is 11.1. The fourth-order valence-corrected chi connectivity index (χ4v) is 11.7. The van der Waals surface area contributed by atoms with Crippen LogP contribution in [0.5, 0.6) is 0 Å². The summed E-state index contributed by atoms with van der Waals surface area (Å²) in [6.45, 7) is 11.0. The molecule has 8 rings (SSSR count). The Kier molecular flexibility index (Phi) is 13.0. The molecule has 2 spiro atoms. The summed E-state index contributed by atoms with van der Waals surface area (Å²) in [5, 5.41) is 25.1. The number of halogens is 4. The van der Waals surface area contributed by atoms with Gasteiger partial charge in [0.05, 0.1) is 5.69 Å². The molecule has 3 amide bonds. The zero-order valence-electron chi connectivity index (χ0n) is 35.6. The van der Waals surface area contributed by atoms with Crippen molar-refractivity contribution >= 4 is 62.9 Å². The lowest BCUT2D eigenvalue weighted by atomic mass is 9.83. The molecule has 0 saturated carbocycles. The van der Waals surface area contributed by atoms with Gasteiger partial charge in [-0.15, -0.1) is 0 Å². The van der Waals surface area contributed by atoms with E-state index in [1.807, 2.05) is 76.2 Å². The number of benzene rings is 4. The van der Waals surface area contributed by atoms with Crippen LogP contribution in [0.3, 0.4) is 0 Å². The van der Waals surface area contributed by atoms with Crippen LogP contribution in [0.1, 0.15) is 83.1 Å². The van der Waals surface area contributed by atoms with Crippen molar-refractivity contribution in [2.75, 3.05) is 29.9 Å². The Morgan fingerprint density at radius 3 is 1.83 bits per heavy atom. The number of nitrogens with zero attached hydrogens (tertiary/aromatic N) is 5. The van der Waals surface area contributed by atoms with Gasteiger partial charge in [-0.2, -0.15) is 10.2 Å². The smallest absolute Gasteiger partial charge is 0.414 e. The highest BCUT2D eigenvalue weighted by Crippen LogP contribution is 2.59. The van der Waals surface area contributed by atoms with Crippen molar-refractivity contribution in [1.82, 2.24) is 10.0 Å². The molecule has 0 aliphatic carbocycles. The molecule has 17 heteroatoms. The molecular formula is C46H48F4N6O5S2. The average Bonchev–Trinajstić information content (AvgIpc) is 3.83. The Morgan fingerprint density at radius 1 is 0.778 bits per heavy atom. The molecule has 0 radical (unpaired) electrons. The maximum atomic E-state index is 14.7. The quantitative estimate of drug-likeness (QED) is 0.183. The van der Waals surface area contributed by atoms with E-state index in [2.05, 4.69) is 15.5 Å². The van der Waals surface area contributed by atoms with Crippen molar-refractivity contribution < 1.29 is 41.8 Å². The van der Waals surface area contributed by atoms with Crippen molar-refractivity contribution in [2.45, 2.75) is 76.1 Å². The fourth-order valence-electron chi connectivity index (χ4n) is 8.55. The molecule has 4 atom stereocenters. The van der Waals surface area contributed by atoms with Crippen molar-refractivity contribution in [3.8, 4) is 0 Å². The Labute approximate surface area is 371 Å². The van der Waals surface area contributed by atoms with Crippen LogP contribution in [0.4, 0.5) is 33.7 Å². The molecule has 4 aliphatic heterocycles. The molecule has 11 nitrogen and oxygen atoms in total. The molecule has 0 aromatic heterocycles. The number of rotatable bonds is 6. The number of fused-ring (bicyclic) bond motifs is 4. The van der Waals surface area contributed by atoms with Gasteiger partial charge in [0.25, 0.3) is 0 Å². The molecule has 4 heterocycles. The summed E-state index contributed by atoms with van der Waals surface area (Å²) < 4.78 is 62.7. The third-order valence-corrected chi connectivity index (χ3v) is 14.2. The number of hydrogen-bond acceptors (Lipinski definition) is 10. The fraction of sp³-hybridized carbons (Fsp3) is 0.370. The van der Waals surface area contributed by atoms with Gasteiger partial charge in [-0.05, 0) is 82.1 Å². The number of carbonyl (C=O) groups is 3. The van der Waals surface area contributed by atoms with E-state index in [1.165, 1.54) is 47.4 Å². The lowest BCUT2D eigenvalue weighted by Gasteiger charge is -2.48. The summed E-state index contributed by atoms with van der Waals surface area (Å²) in [7, 11) is 0. The maximum absolute atomic E-state index is 14.7. The second-order valence-corrected chi connectivity index (χ2v) is 19.0. The number of aliphatic hydroxyl groups excluding tert-OH is 1. The van der Waals surface area contributed by atoms with Gasteiger partial charge in [-0.3, -0.25) is 14.5 Å². The number of hydrazone groups is 2. The number of thioether (sulfide) groups is 2. The van der Waals surface area contributed by atoms with Crippen LogP contribution in [-0.4, -0.2) is 68.4 Å². The Balaban J connectivity index is 0.000000193. The molecule has 4 unspecified atom stereocenters.